The van der Waals surface area contributed by atoms with Gasteiger partial charge >= 0.3 is 5.97 Å². The van der Waals surface area contributed by atoms with E-state index in [-0.39, 0.29) is 0 Å². The third-order valence-electron chi connectivity index (χ3n) is 0.997. The molecular formula is C5H8N2O4. The van der Waals surface area contributed by atoms with Gasteiger partial charge in [0.15, 0.2) is 0 Å². The summed E-state index contributed by atoms with van der Waals surface area (Å²) >= 11 is 0. The van der Waals surface area contributed by atoms with E-state index in [1.54, 1.807) is 0 Å². The van der Waals surface area contributed by atoms with E-state index in [4.69, 9.17) is 10.8 Å². The van der Waals surface area contributed by atoms with Crippen LogP contribution in [-0.4, -0.2) is 28.8 Å². The molecule has 5 N–H and O–H groups in total. The van der Waals surface area contributed by atoms with Gasteiger partial charge in [0.1, 0.15) is 6.04 Å². The summed E-state index contributed by atoms with van der Waals surface area (Å²) in [5, 5.41) is 8.18. The monoisotopic (exact) mass is 160 g/mol. The van der Waals surface area contributed by atoms with Crippen LogP contribution in [0.15, 0.2) is 0 Å². The van der Waals surface area contributed by atoms with Gasteiger partial charge in [0.2, 0.25) is 5.78 Å². The molecule has 0 saturated heterocycles. The SMILES string of the molecule is NC(=O)C(=O)C[C@H](N)C(=O)O. The number of hydrogen-bond acceptors (Lipinski definition) is 4. The van der Waals surface area contributed by atoms with E-state index in [9.17, 15) is 14.4 Å². The lowest BCUT2D eigenvalue weighted by molar-refractivity contribution is -0.142. The minimum atomic E-state index is -1.35. The fourth-order valence-corrected chi connectivity index (χ4v) is 0.388. The second kappa shape index (κ2) is 3.67. The highest BCUT2D eigenvalue weighted by Gasteiger charge is 2.19. The van der Waals surface area contributed by atoms with Gasteiger partial charge in [0, 0.05) is 6.42 Å². The van der Waals surface area contributed by atoms with Crippen molar-refractivity contribution in [3.05, 3.63) is 0 Å². The summed E-state index contributed by atoms with van der Waals surface area (Å²) in [4.78, 5) is 30.5. The van der Waals surface area contributed by atoms with Gasteiger partial charge in [-0.2, -0.15) is 0 Å². The van der Waals surface area contributed by atoms with Gasteiger partial charge in [-0.1, -0.05) is 0 Å². The Bertz CT molecular complexity index is 201. The molecule has 0 spiro atoms. The Hall–Kier alpha value is -1.43. The molecule has 0 fully saturated rings. The van der Waals surface area contributed by atoms with E-state index in [1.807, 2.05) is 0 Å². The number of carbonyl (C=O) groups is 3. The van der Waals surface area contributed by atoms with Crippen molar-refractivity contribution in [2.45, 2.75) is 12.5 Å². The van der Waals surface area contributed by atoms with Gasteiger partial charge in [-0.3, -0.25) is 14.4 Å². The number of amides is 1. The summed E-state index contributed by atoms with van der Waals surface area (Å²) in [5.74, 6) is -3.47. The maximum Gasteiger partial charge on any atom is 0.320 e. The zero-order valence-corrected chi connectivity index (χ0v) is 5.61. The molecule has 6 nitrogen and oxygen atoms in total. The molecule has 0 aliphatic carbocycles. The first-order valence-corrected chi connectivity index (χ1v) is 2.76. The Balaban J connectivity index is 3.95. The Morgan fingerprint density at radius 2 is 1.82 bits per heavy atom. The Morgan fingerprint density at radius 1 is 1.36 bits per heavy atom. The largest absolute Gasteiger partial charge is 0.480 e. The molecule has 0 aliphatic rings. The number of aliphatic carboxylic acids is 1. The minimum absolute atomic E-state index is 0.551. The fourth-order valence-electron chi connectivity index (χ4n) is 0.388. The second-order valence-electron chi connectivity index (χ2n) is 1.94. The molecule has 0 unspecified atom stereocenters. The standard InChI is InChI=1S/C5H8N2O4/c6-2(5(10)11)1-3(8)4(7)9/h2H,1,6H2,(H2,7,9)(H,10,11)/t2-/m0/s1. The molecule has 0 radical (unpaired) electrons. The molecule has 0 bridgehead atoms. The molecule has 0 aliphatic heterocycles. The quantitative estimate of drug-likeness (QED) is 0.404. The van der Waals surface area contributed by atoms with Crippen LogP contribution in [0.5, 0.6) is 0 Å². The second-order valence-corrected chi connectivity index (χ2v) is 1.94. The number of carbonyl (C=O) groups excluding carboxylic acids is 2. The topological polar surface area (TPSA) is 123 Å². The molecule has 0 aromatic rings. The van der Waals surface area contributed by atoms with Crippen LogP contribution in [0.1, 0.15) is 6.42 Å². The van der Waals surface area contributed by atoms with Crippen molar-refractivity contribution >= 4 is 17.7 Å². The lowest BCUT2D eigenvalue weighted by Crippen LogP contribution is -2.36. The van der Waals surface area contributed by atoms with Gasteiger partial charge in [-0.05, 0) is 0 Å². The Labute approximate surface area is 62.2 Å². The van der Waals surface area contributed by atoms with Crippen molar-refractivity contribution in [1.29, 1.82) is 0 Å². The van der Waals surface area contributed by atoms with Gasteiger partial charge < -0.3 is 16.6 Å². The Morgan fingerprint density at radius 3 is 2.09 bits per heavy atom. The first-order valence-electron chi connectivity index (χ1n) is 2.76. The van der Waals surface area contributed by atoms with Crippen LogP contribution in [0.4, 0.5) is 0 Å². The number of rotatable bonds is 4. The molecule has 0 aromatic heterocycles. The van der Waals surface area contributed by atoms with Crippen LogP contribution in [-0.2, 0) is 14.4 Å². The first kappa shape index (κ1) is 9.57. The van der Waals surface area contributed by atoms with Crippen molar-refractivity contribution in [1.82, 2.24) is 0 Å². The number of ketones is 1. The van der Waals surface area contributed by atoms with E-state index in [1.165, 1.54) is 0 Å². The summed E-state index contributed by atoms with van der Waals surface area (Å²) in [5.41, 5.74) is 9.47. The van der Waals surface area contributed by atoms with Crippen molar-refractivity contribution < 1.29 is 19.5 Å². The van der Waals surface area contributed by atoms with Crippen molar-refractivity contribution in [3.8, 4) is 0 Å². The molecule has 1 amide bonds. The average Bonchev–Trinajstić information content (AvgIpc) is 1.87. The summed E-state index contributed by atoms with van der Waals surface area (Å²) < 4.78 is 0. The Kier molecular flexibility index (Phi) is 3.19. The fraction of sp³-hybridized carbons (Fsp3) is 0.400. The van der Waals surface area contributed by atoms with Crippen LogP contribution in [0, 0.1) is 0 Å². The third kappa shape index (κ3) is 3.31. The van der Waals surface area contributed by atoms with Crippen LogP contribution < -0.4 is 11.5 Å². The highest BCUT2D eigenvalue weighted by Crippen LogP contribution is 1.88. The number of Topliss-reactive ketones (excluding diaryl/α,β-unsaturated/α-hetero) is 1. The van der Waals surface area contributed by atoms with Gasteiger partial charge in [-0.15, -0.1) is 0 Å². The number of nitrogens with two attached hydrogens (primary N) is 2. The van der Waals surface area contributed by atoms with Gasteiger partial charge in [0.25, 0.3) is 5.91 Å². The number of hydrogen-bond donors (Lipinski definition) is 3. The number of primary amides is 1. The lowest BCUT2D eigenvalue weighted by atomic mass is 10.1. The number of carboxylic acid groups (broad SMARTS) is 1. The van der Waals surface area contributed by atoms with E-state index < -0.39 is 30.1 Å². The van der Waals surface area contributed by atoms with Crippen LogP contribution >= 0.6 is 0 Å². The van der Waals surface area contributed by atoms with Crippen molar-refractivity contribution in [3.63, 3.8) is 0 Å². The molecule has 0 saturated carbocycles. The van der Waals surface area contributed by atoms with E-state index in [0.717, 1.165) is 0 Å². The summed E-state index contributed by atoms with van der Waals surface area (Å²) in [6, 6.07) is -1.35. The average molecular weight is 160 g/mol. The minimum Gasteiger partial charge on any atom is -0.480 e. The lowest BCUT2D eigenvalue weighted by Gasteiger charge is -2.01. The predicted octanol–water partition coefficient (Wildman–Crippen LogP) is -2.16. The summed E-state index contributed by atoms with van der Waals surface area (Å²) in [7, 11) is 0. The third-order valence-corrected chi connectivity index (χ3v) is 0.997. The van der Waals surface area contributed by atoms with Gasteiger partial charge in [0.05, 0.1) is 0 Å². The summed E-state index contributed by atoms with van der Waals surface area (Å²) in [6.45, 7) is 0. The zero-order chi connectivity index (χ0) is 9.02. The maximum atomic E-state index is 10.4. The van der Waals surface area contributed by atoms with Crippen molar-refractivity contribution in [2.24, 2.45) is 11.5 Å². The maximum absolute atomic E-state index is 10.4. The van der Waals surface area contributed by atoms with Crippen LogP contribution in [0.2, 0.25) is 0 Å². The molecular weight excluding hydrogens is 152 g/mol. The van der Waals surface area contributed by atoms with E-state index >= 15 is 0 Å². The zero-order valence-electron chi connectivity index (χ0n) is 5.61. The smallest absolute Gasteiger partial charge is 0.320 e. The van der Waals surface area contributed by atoms with Crippen LogP contribution in [0.25, 0.3) is 0 Å². The molecule has 0 rings (SSSR count). The number of carboxylic acids is 1. The summed E-state index contributed by atoms with van der Waals surface area (Å²) in [6.07, 6.45) is -0.551. The molecule has 1 atom stereocenters. The highest BCUT2D eigenvalue weighted by molar-refractivity contribution is 6.35. The highest BCUT2D eigenvalue weighted by atomic mass is 16.4. The molecule has 0 heterocycles. The predicted molar refractivity (Wildman–Crippen MR) is 34.4 cm³/mol. The molecule has 62 valence electrons. The van der Waals surface area contributed by atoms with Crippen molar-refractivity contribution in [2.75, 3.05) is 0 Å². The van der Waals surface area contributed by atoms with Crippen LogP contribution in [0.3, 0.4) is 0 Å². The van der Waals surface area contributed by atoms with E-state index in [2.05, 4.69) is 5.73 Å². The first-order chi connectivity index (χ1) is 4.95. The van der Waals surface area contributed by atoms with E-state index in [0.29, 0.717) is 0 Å². The normalized spacial score (nSPS) is 12.1. The molecule has 11 heavy (non-hydrogen) atoms. The molecule has 6 heteroatoms. The van der Waals surface area contributed by atoms with Gasteiger partial charge in [-0.25, -0.2) is 0 Å². The molecule has 0 aromatic carbocycles.